The largest absolute Gasteiger partial charge is 0.343 e. The number of hydrogen-bond acceptors (Lipinski definition) is 1. The Balaban J connectivity index is 2.23. The SMILES string of the molecule is Cc1ccc2c3c([nH]c2n1)CCCCC3. The molecular formula is C13H16N2. The summed E-state index contributed by atoms with van der Waals surface area (Å²) < 4.78 is 0. The molecule has 2 heteroatoms. The highest BCUT2D eigenvalue weighted by Crippen LogP contribution is 2.27. The van der Waals surface area contributed by atoms with E-state index in [9.17, 15) is 0 Å². The first-order valence-corrected chi connectivity index (χ1v) is 5.82. The molecule has 0 fully saturated rings. The second kappa shape index (κ2) is 3.37. The Bertz CT molecular complexity index is 496. The molecule has 0 saturated heterocycles. The number of fused-ring (bicyclic) bond motifs is 3. The topological polar surface area (TPSA) is 28.7 Å². The van der Waals surface area contributed by atoms with Crippen LogP contribution >= 0.6 is 0 Å². The third-order valence-electron chi connectivity index (χ3n) is 3.35. The molecule has 0 spiro atoms. The van der Waals surface area contributed by atoms with Crippen molar-refractivity contribution in [2.24, 2.45) is 0 Å². The summed E-state index contributed by atoms with van der Waals surface area (Å²) in [6.07, 6.45) is 6.43. The molecule has 0 saturated carbocycles. The van der Waals surface area contributed by atoms with E-state index in [2.05, 4.69) is 22.1 Å². The number of nitrogens with zero attached hydrogens (tertiary/aromatic N) is 1. The van der Waals surface area contributed by atoms with Gasteiger partial charge in [0, 0.05) is 16.8 Å². The van der Waals surface area contributed by atoms with Crippen molar-refractivity contribution in [1.82, 2.24) is 9.97 Å². The zero-order valence-corrected chi connectivity index (χ0v) is 9.14. The van der Waals surface area contributed by atoms with Gasteiger partial charge >= 0.3 is 0 Å². The zero-order chi connectivity index (χ0) is 10.3. The number of pyridine rings is 1. The highest BCUT2D eigenvalue weighted by Gasteiger charge is 2.14. The normalized spacial score (nSPS) is 16.3. The number of H-pyrrole nitrogens is 1. The van der Waals surface area contributed by atoms with Crippen molar-refractivity contribution >= 4 is 11.0 Å². The van der Waals surface area contributed by atoms with Crippen LogP contribution in [-0.2, 0) is 12.8 Å². The monoisotopic (exact) mass is 200 g/mol. The minimum atomic E-state index is 1.09. The van der Waals surface area contributed by atoms with Crippen molar-refractivity contribution in [3.63, 3.8) is 0 Å². The van der Waals surface area contributed by atoms with Crippen LogP contribution in [0.3, 0.4) is 0 Å². The molecule has 1 N–H and O–H groups in total. The fourth-order valence-corrected chi connectivity index (χ4v) is 2.56. The van der Waals surface area contributed by atoms with Crippen molar-refractivity contribution in [2.45, 2.75) is 39.0 Å². The van der Waals surface area contributed by atoms with E-state index >= 15 is 0 Å². The summed E-state index contributed by atoms with van der Waals surface area (Å²) >= 11 is 0. The molecule has 3 rings (SSSR count). The van der Waals surface area contributed by atoms with Gasteiger partial charge in [-0.05, 0) is 50.3 Å². The van der Waals surface area contributed by atoms with Crippen molar-refractivity contribution in [2.75, 3.05) is 0 Å². The van der Waals surface area contributed by atoms with Gasteiger partial charge in [-0.3, -0.25) is 0 Å². The van der Waals surface area contributed by atoms with Crippen LogP contribution in [0.15, 0.2) is 12.1 Å². The molecular weight excluding hydrogens is 184 g/mol. The van der Waals surface area contributed by atoms with Gasteiger partial charge in [-0.2, -0.15) is 0 Å². The first kappa shape index (κ1) is 8.96. The van der Waals surface area contributed by atoms with E-state index < -0.39 is 0 Å². The van der Waals surface area contributed by atoms with Crippen LogP contribution in [0.5, 0.6) is 0 Å². The Labute approximate surface area is 89.7 Å². The van der Waals surface area contributed by atoms with E-state index in [4.69, 9.17) is 0 Å². The Hall–Kier alpha value is -1.31. The average Bonchev–Trinajstić information content (AvgIpc) is 2.42. The van der Waals surface area contributed by atoms with Gasteiger partial charge in [-0.25, -0.2) is 4.98 Å². The molecule has 2 nitrogen and oxygen atoms in total. The fraction of sp³-hybridized carbons (Fsp3) is 0.462. The Morgan fingerprint density at radius 2 is 2.00 bits per heavy atom. The van der Waals surface area contributed by atoms with Crippen molar-refractivity contribution < 1.29 is 0 Å². The van der Waals surface area contributed by atoms with Gasteiger partial charge in [0.25, 0.3) is 0 Å². The lowest BCUT2D eigenvalue weighted by molar-refractivity contribution is 0.708. The maximum absolute atomic E-state index is 4.56. The summed E-state index contributed by atoms with van der Waals surface area (Å²) in [7, 11) is 0. The summed E-state index contributed by atoms with van der Waals surface area (Å²) in [5.74, 6) is 0. The first-order chi connectivity index (χ1) is 7.34. The number of aromatic amines is 1. The highest BCUT2D eigenvalue weighted by molar-refractivity contribution is 5.81. The van der Waals surface area contributed by atoms with Crippen molar-refractivity contribution in [3.8, 4) is 0 Å². The quantitative estimate of drug-likeness (QED) is 0.650. The van der Waals surface area contributed by atoms with Crippen LogP contribution in [0.2, 0.25) is 0 Å². The molecule has 0 bridgehead atoms. The van der Waals surface area contributed by atoms with Gasteiger partial charge in [0.2, 0.25) is 0 Å². The summed E-state index contributed by atoms with van der Waals surface area (Å²) in [4.78, 5) is 8.04. The van der Waals surface area contributed by atoms with Gasteiger partial charge in [-0.15, -0.1) is 0 Å². The molecule has 2 heterocycles. The van der Waals surface area contributed by atoms with Crippen molar-refractivity contribution in [3.05, 3.63) is 29.1 Å². The minimum absolute atomic E-state index is 1.09. The van der Waals surface area contributed by atoms with E-state index in [0.717, 1.165) is 11.3 Å². The van der Waals surface area contributed by atoms with E-state index in [1.807, 2.05) is 6.92 Å². The third kappa shape index (κ3) is 1.44. The van der Waals surface area contributed by atoms with Crippen LogP contribution in [0.25, 0.3) is 11.0 Å². The summed E-state index contributed by atoms with van der Waals surface area (Å²) in [6.45, 7) is 2.05. The molecule has 1 aliphatic rings. The Morgan fingerprint density at radius 1 is 1.13 bits per heavy atom. The van der Waals surface area contributed by atoms with Crippen LogP contribution in [-0.4, -0.2) is 9.97 Å². The second-order valence-electron chi connectivity index (χ2n) is 4.49. The maximum Gasteiger partial charge on any atom is 0.138 e. The molecule has 15 heavy (non-hydrogen) atoms. The number of aromatic nitrogens is 2. The molecule has 2 aromatic heterocycles. The lowest BCUT2D eigenvalue weighted by Gasteiger charge is -1.97. The van der Waals surface area contributed by atoms with Gasteiger partial charge in [0.15, 0.2) is 0 Å². The van der Waals surface area contributed by atoms with E-state index in [-0.39, 0.29) is 0 Å². The summed E-state index contributed by atoms with van der Waals surface area (Å²) in [6, 6.07) is 4.33. The van der Waals surface area contributed by atoms with Gasteiger partial charge in [0.1, 0.15) is 5.65 Å². The summed E-state index contributed by atoms with van der Waals surface area (Å²) in [5, 5.41) is 1.34. The van der Waals surface area contributed by atoms with Gasteiger partial charge in [-0.1, -0.05) is 6.42 Å². The second-order valence-corrected chi connectivity index (χ2v) is 4.49. The van der Waals surface area contributed by atoms with Crippen LogP contribution in [0, 0.1) is 6.92 Å². The molecule has 78 valence electrons. The lowest BCUT2D eigenvalue weighted by Crippen LogP contribution is -1.86. The average molecular weight is 200 g/mol. The molecule has 0 atom stereocenters. The smallest absolute Gasteiger partial charge is 0.138 e. The number of aryl methyl sites for hydroxylation is 3. The number of nitrogens with one attached hydrogen (secondary N) is 1. The molecule has 0 unspecified atom stereocenters. The summed E-state index contributed by atoms with van der Waals surface area (Å²) in [5.41, 5.74) is 5.14. The highest BCUT2D eigenvalue weighted by atomic mass is 14.9. The lowest BCUT2D eigenvalue weighted by atomic mass is 10.1. The van der Waals surface area contributed by atoms with Crippen LogP contribution in [0.4, 0.5) is 0 Å². The minimum Gasteiger partial charge on any atom is -0.343 e. The van der Waals surface area contributed by atoms with E-state index in [1.165, 1.54) is 48.7 Å². The molecule has 0 aliphatic heterocycles. The zero-order valence-electron chi connectivity index (χ0n) is 9.14. The van der Waals surface area contributed by atoms with Gasteiger partial charge < -0.3 is 4.98 Å². The molecule has 0 aromatic carbocycles. The maximum atomic E-state index is 4.56. The van der Waals surface area contributed by atoms with Crippen molar-refractivity contribution in [1.29, 1.82) is 0 Å². The molecule has 0 amide bonds. The number of hydrogen-bond donors (Lipinski definition) is 1. The predicted octanol–water partition coefficient (Wildman–Crippen LogP) is 3.14. The number of rotatable bonds is 0. The van der Waals surface area contributed by atoms with Crippen LogP contribution < -0.4 is 0 Å². The van der Waals surface area contributed by atoms with Crippen LogP contribution in [0.1, 0.15) is 36.2 Å². The van der Waals surface area contributed by atoms with E-state index in [0.29, 0.717) is 0 Å². The van der Waals surface area contributed by atoms with Gasteiger partial charge in [0.05, 0.1) is 0 Å². The third-order valence-corrected chi connectivity index (χ3v) is 3.35. The standard InChI is InChI=1S/C13H16N2/c1-9-7-8-11-10-5-3-2-4-6-12(10)15-13(11)14-9/h7-8H,2-6H2,1H3,(H,14,15). The molecule has 2 aromatic rings. The van der Waals surface area contributed by atoms with E-state index in [1.54, 1.807) is 0 Å². The first-order valence-electron chi connectivity index (χ1n) is 5.82. The molecule has 1 aliphatic carbocycles. The predicted molar refractivity (Wildman–Crippen MR) is 62.1 cm³/mol. The fourth-order valence-electron chi connectivity index (χ4n) is 2.56. The Morgan fingerprint density at radius 3 is 2.93 bits per heavy atom. The molecule has 0 radical (unpaired) electrons. The Kier molecular flexibility index (Phi) is 2.01.